The number of anilines is 1. The van der Waals surface area contributed by atoms with Gasteiger partial charge >= 0.3 is 19.3 Å². The van der Waals surface area contributed by atoms with Gasteiger partial charge in [0, 0.05) is 19.5 Å². The standard InChI is InChI=1S/C21H33N4O16P/c1-7(27)23-12-8(28)4-21(18(33)34,41-16(12)13(30)9(29)5-26)19(35)42(37,38)39-6-10-14(31)15(32)17(40-10)25-3-2-11(22)24-20(25)36/h2-3,8-10,12-17,19,26,28-32,35H,4-6H2,1H3,(H,23,27)(H,33,34)(H,37,38)(H2,22,24,36)/t8-,9+,10+,12+,13+,14+,15+,16+,17+,19?,21-/m0/s1. The van der Waals surface area contributed by atoms with Crippen LogP contribution in [0.5, 0.6) is 0 Å². The lowest BCUT2D eigenvalue weighted by Crippen LogP contribution is -2.69. The zero-order valence-corrected chi connectivity index (χ0v) is 22.7. The van der Waals surface area contributed by atoms with Gasteiger partial charge in [0.2, 0.25) is 11.5 Å². The minimum Gasteiger partial charge on any atom is -0.479 e. The lowest BCUT2D eigenvalue weighted by atomic mass is 9.83. The molecule has 0 radical (unpaired) electrons. The second-order valence-corrected chi connectivity index (χ2v) is 11.7. The molecule has 2 unspecified atom stereocenters. The zero-order chi connectivity index (χ0) is 31.7. The second kappa shape index (κ2) is 13.0. The fraction of sp³-hybridized carbons (Fsp3) is 0.714. The van der Waals surface area contributed by atoms with Crippen LogP contribution in [-0.2, 0) is 28.2 Å². The number of aliphatic hydroxyl groups is 7. The largest absolute Gasteiger partial charge is 0.479 e. The van der Waals surface area contributed by atoms with E-state index < -0.39 is 111 Å². The van der Waals surface area contributed by atoms with Crippen molar-refractivity contribution in [2.75, 3.05) is 18.9 Å². The Labute approximate surface area is 236 Å². The molecule has 0 aliphatic carbocycles. The number of aliphatic hydroxyl groups excluding tert-OH is 7. The van der Waals surface area contributed by atoms with Gasteiger partial charge < -0.3 is 70.8 Å². The van der Waals surface area contributed by atoms with Crippen molar-refractivity contribution >= 4 is 25.3 Å². The van der Waals surface area contributed by atoms with Crippen LogP contribution < -0.4 is 16.7 Å². The normalized spacial score (nSPS) is 35.1. The molecule has 2 fully saturated rings. The molecular weight excluding hydrogens is 595 g/mol. The highest BCUT2D eigenvalue weighted by Crippen LogP contribution is 2.54. The number of hydrogen-bond acceptors (Lipinski definition) is 16. The number of aliphatic carboxylic acids is 1. The number of nitrogen functional groups attached to an aromatic ring is 1. The molecule has 0 bridgehead atoms. The maximum Gasteiger partial charge on any atom is 0.360 e. The molecule has 1 aromatic rings. The maximum absolute atomic E-state index is 13.1. The number of carboxylic acids is 1. The number of ether oxygens (including phenoxy) is 2. The Morgan fingerprint density at radius 1 is 1.29 bits per heavy atom. The number of rotatable bonds is 11. The van der Waals surface area contributed by atoms with Gasteiger partial charge in [-0.25, -0.2) is 9.59 Å². The number of aromatic nitrogens is 2. The minimum atomic E-state index is -5.55. The molecule has 238 valence electrons. The molecule has 3 rings (SSSR count). The molecule has 2 saturated heterocycles. The topological polar surface area (TPSA) is 334 Å². The SMILES string of the molecule is CC(=O)N[C@H]1[C@H]([C@H](O)[C@H](O)CO)O[C@@](C(=O)O)(C(O)P(=O)(O)OC[C@H]2O[C@@H](n3ccc(N)nc3=O)[C@H](O)[C@@H]2O)C[C@@H]1O. The Morgan fingerprint density at radius 2 is 1.93 bits per heavy atom. The summed E-state index contributed by atoms with van der Waals surface area (Å²) in [5.41, 5.74) is 1.25. The fourth-order valence-electron chi connectivity index (χ4n) is 4.69. The summed E-state index contributed by atoms with van der Waals surface area (Å²) in [5.74, 6) is -6.05. The van der Waals surface area contributed by atoms with Gasteiger partial charge in [-0.05, 0) is 6.07 Å². The van der Waals surface area contributed by atoms with Gasteiger partial charge in [-0.1, -0.05) is 0 Å². The highest BCUT2D eigenvalue weighted by atomic mass is 31.2. The molecule has 12 N–H and O–H groups in total. The van der Waals surface area contributed by atoms with E-state index in [1.165, 1.54) is 6.07 Å². The minimum absolute atomic E-state index is 0.147. The van der Waals surface area contributed by atoms with E-state index in [9.17, 15) is 64.7 Å². The Hall–Kier alpha value is -2.59. The van der Waals surface area contributed by atoms with E-state index in [1.54, 1.807) is 0 Å². The first-order chi connectivity index (χ1) is 19.5. The van der Waals surface area contributed by atoms with Crippen molar-refractivity contribution in [3.63, 3.8) is 0 Å². The monoisotopic (exact) mass is 628 g/mol. The molecule has 21 heteroatoms. The summed E-state index contributed by atoms with van der Waals surface area (Å²) in [6.45, 7) is -1.13. The Bertz CT molecular complexity index is 1250. The summed E-state index contributed by atoms with van der Waals surface area (Å²) in [5, 5.41) is 83.9. The van der Waals surface area contributed by atoms with E-state index in [0.717, 1.165) is 17.7 Å². The molecule has 0 saturated carbocycles. The van der Waals surface area contributed by atoms with Crippen LogP contribution in [0.3, 0.4) is 0 Å². The number of carboxylic acid groups (broad SMARTS) is 1. The van der Waals surface area contributed by atoms with Crippen LogP contribution >= 0.6 is 7.60 Å². The molecule has 12 atom stereocenters. The average molecular weight is 628 g/mol. The van der Waals surface area contributed by atoms with Crippen LogP contribution in [0.15, 0.2) is 17.1 Å². The molecule has 1 aromatic heterocycles. The predicted molar refractivity (Wildman–Crippen MR) is 133 cm³/mol. The quantitative estimate of drug-likeness (QED) is 0.102. The van der Waals surface area contributed by atoms with Crippen molar-refractivity contribution in [1.82, 2.24) is 14.9 Å². The number of nitrogens with two attached hydrogens (primary N) is 1. The third-order valence-corrected chi connectivity index (χ3v) is 8.44. The summed E-state index contributed by atoms with van der Waals surface area (Å²) < 4.78 is 29.4. The molecule has 42 heavy (non-hydrogen) atoms. The number of nitrogens with zero attached hydrogens (tertiary/aromatic N) is 2. The third-order valence-electron chi connectivity index (χ3n) is 6.89. The van der Waals surface area contributed by atoms with Crippen molar-refractivity contribution in [3.8, 4) is 0 Å². The van der Waals surface area contributed by atoms with E-state index in [4.69, 9.17) is 19.7 Å². The van der Waals surface area contributed by atoms with Gasteiger partial charge in [0.1, 0.15) is 42.4 Å². The first kappa shape index (κ1) is 33.9. The lowest BCUT2D eigenvalue weighted by molar-refractivity contribution is -0.244. The zero-order valence-electron chi connectivity index (χ0n) is 21.9. The Morgan fingerprint density at radius 3 is 2.48 bits per heavy atom. The summed E-state index contributed by atoms with van der Waals surface area (Å²) >= 11 is 0. The van der Waals surface area contributed by atoms with Crippen molar-refractivity contribution in [1.29, 1.82) is 0 Å². The fourth-order valence-corrected chi connectivity index (χ4v) is 5.99. The number of amides is 1. The number of nitrogens with one attached hydrogen (secondary N) is 1. The van der Waals surface area contributed by atoms with Crippen molar-refractivity contribution < 1.29 is 73.9 Å². The van der Waals surface area contributed by atoms with E-state index in [2.05, 4.69) is 10.3 Å². The van der Waals surface area contributed by atoms with Gasteiger partial charge in [-0.2, -0.15) is 4.98 Å². The van der Waals surface area contributed by atoms with Crippen LogP contribution in [0, 0.1) is 0 Å². The van der Waals surface area contributed by atoms with Crippen molar-refractivity contribution in [2.24, 2.45) is 0 Å². The van der Waals surface area contributed by atoms with Gasteiger partial charge in [0.15, 0.2) is 12.1 Å². The third kappa shape index (κ3) is 6.64. The summed E-state index contributed by atoms with van der Waals surface area (Å²) in [6, 6.07) is -0.417. The van der Waals surface area contributed by atoms with E-state index >= 15 is 0 Å². The summed E-state index contributed by atoms with van der Waals surface area (Å²) in [4.78, 5) is 50.1. The molecule has 20 nitrogen and oxygen atoms in total. The molecule has 1 amide bonds. The van der Waals surface area contributed by atoms with E-state index in [-0.39, 0.29) is 5.82 Å². The van der Waals surface area contributed by atoms with E-state index in [0.29, 0.717) is 0 Å². The van der Waals surface area contributed by atoms with Gasteiger partial charge in [0.25, 0.3) is 0 Å². The Kier molecular flexibility index (Phi) is 10.5. The predicted octanol–water partition coefficient (Wildman–Crippen LogP) is -5.84. The molecule has 2 aliphatic heterocycles. The molecule has 3 heterocycles. The van der Waals surface area contributed by atoms with Gasteiger partial charge in [0.05, 0.1) is 25.4 Å². The van der Waals surface area contributed by atoms with Crippen molar-refractivity contribution in [3.05, 3.63) is 22.7 Å². The van der Waals surface area contributed by atoms with Crippen LogP contribution in [0.4, 0.5) is 5.82 Å². The average Bonchev–Trinajstić information content (AvgIpc) is 3.19. The summed E-state index contributed by atoms with van der Waals surface area (Å²) in [7, 11) is -5.55. The van der Waals surface area contributed by atoms with Crippen LogP contribution in [-0.4, -0.2) is 141 Å². The molecule has 0 spiro atoms. The van der Waals surface area contributed by atoms with Crippen LogP contribution in [0.25, 0.3) is 0 Å². The first-order valence-corrected chi connectivity index (χ1v) is 14.0. The highest BCUT2D eigenvalue weighted by molar-refractivity contribution is 7.53. The van der Waals surface area contributed by atoms with Crippen molar-refractivity contribution in [2.45, 2.75) is 79.8 Å². The molecule has 2 aliphatic rings. The second-order valence-electron chi connectivity index (χ2n) is 9.84. The maximum atomic E-state index is 13.1. The lowest BCUT2D eigenvalue weighted by Gasteiger charge is -2.48. The number of hydrogen-bond donors (Lipinski definition) is 11. The van der Waals surface area contributed by atoms with E-state index in [1.807, 2.05) is 0 Å². The highest BCUT2D eigenvalue weighted by Gasteiger charge is 2.63. The first-order valence-electron chi connectivity index (χ1n) is 12.3. The van der Waals surface area contributed by atoms with Gasteiger partial charge in [-0.15, -0.1) is 0 Å². The molecular formula is C21H33N4O16P. The molecule has 0 aromatic carbocycles. The number of carbonyl (C=O) groups excluding carboxylic acids is 1. The van der Waals surface area contributed by atoms with Crippen LogP contribution in [0.2, 0.25) is 0 Å². The smallest absolute Gasteiger partial charge is 0.360 e. The van der Waals surface area contributed by atoms with Gasteiger partial charge in [-0.3, -0.25) is 13.9 Å². The Balaban J connectivity index is 1.84. The van der Waals surface area contributed by atoms with Crippen LogP contribution in [0.1, 0.15) is 19.6 Å². The number of carbonyl (C=O) groups is 2. The summed E-state index contributed by atoms with van der Waals surface area (Å²) in [6.07, 6.45) is -15.0.